The Morgan fingerprint density at radius 3 is 2.25 bits per heavy atom. The summed E-state index contributed by atoms with van der Waals surface area (Å²) in [5.41, 5.74) is 1.33. The molecule has 3 rings (SSSR count). The van der Waals surface area contributed by atoms with Gasteiger partial charge in [-0.3, -0.25) is 9.59 Å². The third kappa shape index (κ3) is 2.54. The normalized spacial score (nSPS) is 19.6. The summed E-state index contributed by atoms with van der Waals surface area (Å²) in [5.74, 6) is -0.852. The number of methoxy groups -OCH3 is 1. The van der Waals surface area contributed by atoms with E-state index in [1.165, 1.54) is 4.90 Å². The van der Waals surface area contributed by atoms with Crippen molar-refractivity contribution in [2.75, 3.05) is 14.2 Å². The molecule has 1 saturated heterocycles. The number of carbonyl (C=O) groups is 2. The molecule has 5 heteroatoms. The molecule has 0 saturated carbocycles. The fourth-order valence-electron chi connectivity index (χ4n) is 2.88. The average Bonchev–Trinajstić information content (AvgIpc) is 2.86. The molecule has 0 bridgehead atoms. The van der Waals surface area contributed by atoms with Gasteiger partial charge in [0.2, 0.25) is 0 Å². The Balaban J connectivity index is 2.13. The van der Waals surface area contributed by atoms with E-state index in [9.17, 15) is 14.7 Å². The summed E-state index contributed by atoms with van der Waals surface area (Å²) in [5, 5.41) is 10.7. The maximum absolute atomic E-state index is 12.4. The summed E-state index contributed by atoms with van der Waals surface area (Å²) in [6.07, 6.45) is 0. The summed E-state index contributed by atoms with van der Waals surface area (Å²) in [7, 11) is 3.11. The Morgan fingerprint density at radius 2 is 1.67 bits per heavy atom. The van der Waals surface area contributed by atoms with Gasteiger partial charge in [-0.15, -0.1) is 0 Å². The van der Waals surface area contributed by atoms with Crippen LogP contribution in [0.1, 0.15) is 17.2 Å². The first-order valence-electron chi connectivity index (χ1n) is 7.48. The molecular weight excluding hydrogens is 306 g/mol. The highest BCUT2D eigenvalue weighted by atomic mass is 16.5. The van der Waals surface area contributed by atoms with Crippen LogP contribution in [0.4, 0.5) is 0 Å². The molecule has 0 spiro atoms. The fraction of sp³-hybridized carbons (Fsp3) is 0.158. The lowest BCUT2D eigenvalue weighted by Gasteiger charge is -2.20. The lowest BCUT2D eigenvalue weighted by atomic mass is 9.95. The third-order valence-corrected chi connectivity index (χ3v) is 4.15. The standard InChI is InChI=1S/C19H17NO4/c1-20-16(12-6-4-3-5-7-12)15(18(22)19(20)23)17(21)13-8-10-14(24-2)11-9-13/h3-11,16,21H,1-2H3/t16-/m0/s1. The number of likely N-dealkylation sites (N-methyl/N-ethyl adjacent to an activating group) is 1. The second-order valence-electron chi connectivity index (χ2n) is 5.55. The molecule has 1 amide bonds. The van der Waals surface area contributed by atoms with Crippen molar-refractivity contribution < 1.29 is 19.4 Å². The van der Waals surface area contributed by atoms with E-state index >= 15 is 0 Å². The number of hydrogen-bond donors (Lipinski definition) is 1. The topological polar surface area (TPSA) is 66.8 Å². The quantitative estimate of drug-likeness (QED) is 0.536. The molecular formula is C19H17NO4. The molecule has 0 aliphatic carbocycles. The predicted molar refractivity (Wildman–Crippen MR) is 89.5 cm³/mol. The molecule has 1 atom stereocenters. The van der Waals surface area contributed by atoms with Gasteiger partial charge in [0.15, 0.2) is 0 Å². The van der Waals surface area contributed by atoms with E-state index in [-0.39, 0.29) is 11.3 Å². The van der Waals surface area contributed by atoms with Crippen LogP contribution in [0.5, 0.6) is 5.75 Å². The molecule has 2 aromatic carbocycles. The zero-order chi connectivity index (χ0) is 17.3. The minimum absolute atomic E-state index is 0.0962. The van der Waals surface area contributed by atoms with Crippen molar-refractivity contribution >= 4 is 17.4 Å². The number of benzene rings is 2. The van der Waals surface area contributed by atoms with E-state index in [2.05, 4.69) is 0 Å². The van der Waals surface area contributed by atoms with Crippen LogP contribution < -0.4 is 4.74 Å². The predicted octanol–water partition coefficient (Wildman–Crippen LogP) is 2.75. The molecule has 1 aliphatic heterocycles. The number of hydrogen-bond acceptors (Lipinski definition) is 4. The number of aliphatic hydroxyl groups is 1. The number of rotatable bonds is 3. The number of nitrogens with zero attached hydrogens (tertiary/aromatic N) is 1. The zero-order valence-electron chi connectivity index (χ0n) is 13.4. The van der Waals surface area contributed by atoms with Crippen LogP contribution in [-0.4, -0.2) is 35.9 Å². The molecule has 0 unspecified atom stereocenters. The van der Waals surface area contributed by atoms with Gasteiger partial charge < -0.3 is 14.7 Å². The van der Waals surface area contributed by atoms with Crippen molar-refractivity contribution in [2.24, 2.45) is 0 Å². The molecule has 122 valence electrons. The lowest BCUT2D eigenvalue weighted by molar-refractivity contribution is -0.139. The Labute approximate surface area is 139 Å². The van der Waals surface area contributed by atoms with Crippen molar-refractivity contribution in [3.63, 3.8) is 0 Å². The van der Waals surface area contributed by atoms with E-state index in [1.54, 1.807) is 38.4 Å². The number of likely N-dealkylation sites (tertiary alicyclic amines) is 1. The summed E-state index contributed by atoms with van der Waals surface area (Å²) in [6.45, 7) is 0. The molecule has 1 fully saturated rings. The van der Waals surface area contributed by atoms with Gasteiger partial charge in [-0.05, 0) is 29.8 Å². The van der Waals surface area contributed by atoms with Crippen LogP contribution >= 0.6 is 0 Å². The highest BCUT2D eigenvalue weighted by Gasteiger charge is 2.44. The van der Waals surface area contributed by atoms with Gasteiger partial charge in [0.05, 0.1) is 18.7 Å². The highest BCUT2D eigenvalue weighted by molar-refractivity contribution is 6.46. The molecule has 1 aliphatic rings. The first-order chi connectivity index (χ1) is 11.5. The van der Waals surface area contributed by atoms with E-state index in [4.69, 9.17) is 4.74 Å². The van der Waals surface area contributed by atoms with Crippen LogP contribution in [0.15, 0.2) is 60.2 Å². The number of ether oxygens (including phenoxy) is 1. The van der Waals surface area contributed by atoms with Crippen molar-refractivity contribution in [1.29, 1.82) is 0 Å². The lowest BCUT2D eigenvalue weighted by Crippen LogP contribution is -2.24. The van der Waals surface area contributed by atoms with Crippen LogP contribution in [0.2, 0.25) is 0 Å². The summed E-state index contributed by atoms with van der Waals surface area (Å²) in [4.78, 5) is 25.9. The van der Waals surface area contributed by atoms with Gasteiger partial charge in [0.1, 0.15) is 11.5 Å². The van der Waals surface area contributed by atoms with E-state index in [0.29, 0.717) is 11.3 Å². The van der Waals surface area contributed by atoms with E-state index in [1.807, 2.05) is 30.3 Å². The Hall–Kier alpha value is -3.08. The molecule has 5 nitrogen and oxygen atoms in total. The first kappa shape index (κ1) is 15.8. The molecule has 1 heterocycles. The third-order valence-electron chi connectivity index (χ3n) is 4.15. The van der Waals surface area contributed by atoms with Crippen molar-refractivity contribution in [3.05, 3.63) is 71.3 Å². The summed E-state index contributed by atoms with van der Waals surface area (Å²) in [6, 6.07) is 15.3. The number of carbonyl (C=O) groups excluding carboxylic acids is 2. The highest BCUT2D eigenvalue weighted by Crippen LogP contribution is 2.38. The van der Waals surface area contributed by atoms with Crippen molar-refractivity contribution in [3.8, 4) is 5.75 Å². The molecule has 1 N–H and O–H groups in total. The van der Waals surface area contributed by atoms with E-state index < -0.39 is 17.7 Å². The van der Waals surface area contributed by atoms with Gasteiger partial charge >= 0.3 is 0 Å². The molecule has 24 heavy (non-hydrogen) atoms. The first-order valence-corrected chi connectivity index (χ1v) is 7.48. The number of ketones is 1. The monoisotopic (exact) mass is 323 g/mol. The van der Waals surface area contributed by atoms with Crippen LogP contribution in [0.3, 0.4) is 0 Å². The van der Waals surface area contributed by atoms with Crippen LogP contribution in [0, 0.1) is 0 Å². The Bertz CT molecular complexity index is 809. The maximum Gasteiger partial charge on any atom is 0.295 e. The Kier molecular flexibility index (Phi) is 4.08. The van der Waals surface area contributed by atoms with Crippen molar-refractivity contribution in [1.82, 2.24) is 4.90 Å². The number of aliphatic hydroxyl groups excluding tert-OH is 1. The number of amides is 1. The fourth-order valence-corrected chi connectivity index (χ4v) is 2.88. The zero-order valence-corrected chi connectivity index (χ0v) is 13.4. The van der Waals surface area contributed by atoms with Crippen LogP contribution in [-0.2, 0) is 9.59 Å². The largest absolute Gasteiger partial charge is 0.507 e. The van der Waals surface area contributed by atoms with E-state index in [0.717, 1.165) is 5.56 Å². The summed E-state index contributed by atoms with van der Waals surface area (Å²) >= 11 is 0. The van der Waals surface area contributed by atoms with Crippen LogP contribution in [0.25, 0.3) is 5.76 Å². The number of Topliss-reactive ketones (excluding diaryl/α,β-unsaturated/α-hetero) is 1. The SMILES string of the molecule is COc1ccc(C(O)=C2C(=O)C(=O)N(C)[C@H]2c2ccccc2)cc1. The van der Waals surface area contributed by atoms with Crippen molar-refractivity contribution in [2.45, 2.75) is 6.04 Å². The van der Waals surface area contributed by atoms with Gasteiger partial charge in [-0.1, -0.05) is 30.3 Å². The smallest absolute Gasteiger partial charge is 0.295 e. The molecule has 2 aromatic rings. The minimum atomic E-state index is -0.681. The summed E-state index contributed by atoms with van der Waals surface area (Å²) < 4.78 is 5.09. The second-order valence-corrected chi connectivity index (χ2v) is 5.55. The maximum atomic E-state index is 12.4. The Morgan fingerprint density at radius 1 is 1.04 bits per heavy atom. The molecule has 0 aromatic heterocycles. The molecule has 0 radical (unpaired) electrons. The average molecular weight is 323 g/mol. The second kappa shape index (κ2) is 6.20. The van der Waals surface area contributed by atoms with Gasteiger partial charge in [-0.25, -0.2) is 0 Å². The van der Waals surface area contributed by atoms with Gasteiger partial charge in [-0.2, -0.15) is 0 Å². The van der Waals surface area contributed by atoms with Gasteiger partial charge in [0, 0.05) is 12.6 Å². The minimum Gasteiger partial charge on any atom is -0.507 e. The van der Waals surface area contributed by atoms with Gasteiger partial charge in [0.25, 0.3) is 11.7 Å².